The second kappa shape index (κ2) is 9.04. The molecule has 4 nitrogen and oxygen atoms in total. The van der Waals surface area contributed by atoms with E-state index in [0.717, 1.165) is 25.1 Å². The first-order chi connectivity index (χ1) is 9.16. The first-order valence-corrected chi connectivity index (χ1v) is 6.96. The van der Waals surface area contributed by atoms with Crippen LogP contribution in [0.3, 0.4) is 0 Å². The van der Waals surface area contributed by atoms with Crippen molar-refractivity contribution < 1.29 is 9.84 Å². The summed E-state index contributed by atoms with van der Waals surface area (Å²) in [6.07, 6.45) is 0.462. The van der Waals surface area contributed by atoms with Crippen LogP contribution in [0.4, 0.5) is 0 Å². The van der Waals surface area contributed by atoms with Gasteiger partial charge < -0.3 is 20.9 Å². The maximum atomic E-state index is 9.70. The van der Waals surface area contributed by atoms with Crippen LogP contribution in [0, 0.1) is 0 Å². The Labute approximate surface area is 116 Å². The Balaban J connectivity index is 2.56. The summed E-state index contributed by atoms with van der Waals surface area (Å²) in [7, 11) is 0. The van der Waals surface area contributed by atoms with Gasteiger partial charge >= 0.3 is 0 Å². The number of aliphatic hydroxyl groups is 1. The molecule has 19 heavy (non-hydrogen) atoms. The minimum atomic E-state index is -0.561. The van der Waals surface area contributed by atoms with Gasteiger partial charge in [-0.2, -0.15) is 0 Å². The summed E-state index contributed by atoms with van der Waals surface area (Å²) >= 11 is 0. The molecule has 1 rings (SSSR count). The molecule has 0 aromatic heterocycles. The molecular weight excluding hydrogens is 240 g/mol. The molecule has 0 fully saturated rings. The van der Waals surface area contributed by atoms with Gasteiger partial charge in [-0.05, 0) is 18.9 Å². The van der Waals surface area contributed by atoms with Crippen molar-refractivity contribution in [2.45, 2.75) is 38.5 Å². The number of aliphatic hydroxyl groups excluding tert-OH is 1. The lowest BCUT2D eigenvalue weighted by Gasteiger charge is -2.27. The van der Waals surface area contributed by atoms with E-state index in [-0.39, 0.29) is 12.1 Å². The van der Waals surface area contributed by atoms with Crippen molar-refractivity contribution in [3.8, 4) is 0 Å². The molecule has 0 bridgehead atoms. The van der Waals surface area contributed by atoms with E-state index in [2.05, 4.69) is 12.2 Å². The molecule has 1 aromatic rings. The summed E-state index contributed by atoms with van der Waals surface area (Å²) in [6, 6.07) is 9.57. The molecule has 0 radical (unpaired) electrons. The van der Waals surface area contributed by atoms with E-state index in [1.165, 1.54) is 0 Å². The zero-order valence-corrected chi connectivity index (χ0v) is 11.9. The van der Waals surface area contributed by atoms with Gasteiger partial charge in [0.15, 0.2) is 0 Å². The van der Waals surface area contributed by atoms with Crippen molar-refractivity contribution in [2.75, 3.05) is 19.8 Å². The Morgan fingerprint density at radius 2 is 1.95 bits per heavy atom. The Morgan fingerprint density at radius 3 is 2.53 bits per heavy atom. The molecule has 4 heteroatoms. The smallest absolute Gasteiger partial charge is 0.0681 e. The molecule has 0 aliphatic carbocycles. The Kier molecular flexibility index (Phi) is 7.67. The predicted molar refractivity (Wildman–Crippen MR) is 78.0 cm³/mol. The second-order valence-corrected chi connectivity index (χ2v) is 4.77. The normalized spacial score (nSPS) is 16.0. The van der Waals surface area contributed by atoms with Crippen LogP contribution < -0.4 is 11.1 Å². The average molecular weight is 266 g/mol. The standard InChI is InChI=1S/C15H26N2O2/c1-3-10-19-11-9-17-15(14(16)12(2)18)13-7-5-4-6-8-13/h4-8,12,14-15,17-18H,3,9-11,16H2,1-2H3. The van der Waals surface area contributed by atoms with Crippen molar-refractivity contribution in [1.29, 1.82) is 0 Å². The molecular formula is C15H26N2O2. The van der Waals surface area contributed by atoms with Gasteiger partial charge in [-0.1, -0.05) is 37.3 Å². The van der Waals surface area contributed by atoms with Gasteiger partial charge in [0.25, 0.3) is 0 Å². The van der Waals surface area contributed by atoms with E-state index < -0.39 is 6.10 Å². The maximum absolute atomic E-state index is 9.70. The van der Waals surface area contributed by atoms with Crippen LogP contribution in [-0.4, -0.2) is 37.0 Å². The van der Waals surface area contributed by atoms with E-state index in [1.54, 1.807) is 6.92 Å². The maximum Gasteiger partial charge on any atom is 0.0681 e. The minimum absolute atomic E-state index is 0.0635. The summed E-state index contributed by atoms with van der Waals surface area (Å²) in [4.78, 5) is 0. The summed E-state index contributed by atoms with van der Waals surface area (Å²) in [5.41, 5.74) is 7.17. The summed E-state index contributed by atoms with van der Waals surface area (Å²) < 4.78 is 5.44. The van der Waals surface area contributed by atoms with Crippen LogP contribution in [0.5, 0.6) is 0 Å². The number of rotatable bonds is 9. The summed E-state index contributed by atoms with van der Waals surface area (Å²) in [5, 5.41) is 13.1. The number of benzene rings is 1. The highest BCUT2D eigenvalue weighted by molar-refractivity contribution is 5.21. The second-order valence-electron chi connectivity index (χ2n) is 4.77. The molecule has 0 amide bonds. The fourth-order valence-corrected chi connectivity index (χ4v) is 1.95. The fourth-order valence-electron chi connectivity index (χ4n) is 1.95. The Bertz CT molecular complexity index is 330. The van der Waals surface area contributed by atoms with E-state index >= 15 is 0 Å². The lowest BCUT2D eigenvalue weighted by Crippen LogP contribution is -2.45. The molecule has 0 aliphatic rings. The number of nitrogens with two attached hydrogens (primary N) is 1. The van der Waals surface area contributed by atoms with E-state index in [1.807, 2.05) is 30.3 Å². The third kappa shape index (κ3) is 5.70. The first-order valence-electron chi connectivity index (χ1n) is 6.96. The number of hydrogen-bond donors (Lipinski definition) is 3. The average Bonchev–Trinajstić information content (AvgIpc) is 2.43. The van der Waals surface area contributed by atoms with Crippen molar-refractivity contribution in [3.63, 3.8) is 0 Å². The number of hydrogen-bond acceptors (Lipinski definition) is 4. The van der Waals surface area contributed by atoms with Crippen LogP contribution in [0.25, 0.3) is 0 Å². The van der Waals surface area contributed by atoms with Gasteiger partial charge in [-0.15, -0.1) is 0 Å². The largest absolute Gasteiger partial charge is 0.392 e. The van der Waals surface area contributed by atoms with Crippen LogP contribution in [0.1, 0.15) is 31.9 Å². The molecule has 0 spiro atoms. The molecule has 0 saturated heterocycles. The van der Waals surface area contributed by atoms with Crippen molar-refractivity contribution in [1.82, 2.24) is 5.32 Å². The topological polar surface area (TPSA) is 67.5 Å². The van der Waals surface area contributed by atoms with Crippen LogP contribution >= 0.6 is 0 Å². The molecule has 1 aromatic carbocycles. The van der Waals surface area contributed by atoms with Gasteiger partial charge in [0.1, 0.15) is 0 Å². The molecule has 0 saturated carbocycles. The summed E-state index contributed by atoms with van der Waals surface area (Å²) in [5.74, 6) is 0. The van der Waals surface area contributed by atoms with E-state index in [4.69, 9.17) is 10.5 Å². The SMILES string of the molecule is CCCOCCNC(c1ccccc1)C(N)C(C)O. The lowest BCUT2D eigenvalue weighted by atomic mass is 9.96. The lowest BCUT2D eigenvalue weighted by molar-refractivity contribution is 0.120. The van der Waals surface area contributed by atoms with Gasteiger partial charge in [0.2, 0.25) is 0 Å². The quantitative estimate of drug-likeness (QED) is 0.592. The van der Waals surface area contributed by atoms with Gasteiger partial charge in [-0.3, -0.25) is 0 Å². The van der Waals surface area contributed by atoms with Gasteiger partial charge in [-0.25, -0.2) is 0 Å². The highest BCUT2D eigenvalue weighted by Gasteiger charge is 2.22. The molecule has 4 N–H and O–H groups in total. The number of nitrogens with one attached hydrogen (secondary N) is 1. The first kappa shape index (κ1) is 16.1. The zero-order valence-electron chi connectivity index (χ0n) is 11.9. The Hall–Kier alpha value is -0.940. The Morgan fingerprint density at radius 1 is 1.26 bits per heavy atom. The summed E-state index contributed by atoms with van der Waals surface area (Å²) in [6.45, 7) is 5.96. The predicted octanol–water partition coefficient (Wildman–Crippen LogP) is 1.45. The highest BCUT2D eigenvalue weighted by Crippen LogP contribution is 2.17. The van der Waals surface area contributed by atoms with Crippen LogP contribution in [0.2, 0.25) is 0 Å². The van der Waals surface area contributed by atoms with Crippen LogP contribution in [0.15, 0.2) is 30.3 Å². The van der Waals surface area contributed by atoms with Crippen molar-refractivity contribution in [3.05, 3.63) is 35.9 Å². The van der Waals surface area contributed by atoms with E-state index in [9.17, 15) is 5.11 Å². The minimum Gasteiger partial charge on any atom is -0.392 e. The van der Waals surface area contributed by atoms with Crippen molar-refractivity contribution >= 4 is 0 Å². The molecule has 0 heterocycles. The number of ether oxygens (including phenoxy) is 1. The van der Waals surface area contributed by atoms with Gasteiger partial charge in [0.05, 0.1) is 12.7 Å². The molecule has 108 valence electrons. The molecule has 0 aliphatic heterocycles. The fraction of sp³-hybridized carbons (Fsp3) is 0.600. The van der Waals surface area contributed by atoms with Crippen molar-refractivity contribution in [2.24, 2.45) is 5.73 Å². The third-order valence-corrected chi connectivity index (χ3v) is 3.06. The zero-order chi connectivity index (χ0) is 14.1. The monoisotopic (exact) mass is 266 g/mol. The highest BCUT2D eigenvalue weighted by atomic mass is 16.5. The van der Waals surface area contributed by atoms with E-state index in [0.29, 0.717) is 6.61 Å². The van der Waals surface area contributed by atoms with Gasteiger partial charge in [0, 0.05) is 25.2 Å². The molecule has 3 atom stereocenters. The van der Waals surface area contributed by atoms with Crippen LogP contribution in [-0.2, 0) is 4.74 Å². The third-order valence-electron chi connectivity index (χ3n) is 3.06. The molecule has 3 unspecified atom stereocenters.